The summed E-state index contributed by atoms with van der Waals surface area (Å²) in [4.78, 5) is 16.7. The second-order valence-electron chi connectivity index (χ2n) is 4.44. The zero-order chi connectivity index (χ0) is 13.4. The van der Waals surface area contributed by atoms with Gasteiger partial charge in [-0.1, -0.05) is 36.4 Å². The van der Waals surface area contributed by atoms with Gasteiger partial charge in [-0.3, -0.25) is 4.79 Å². The minimum absolute atomic E-state index is 0.233. The summed E-state index contributed by atoms with van der Waals surface area (Å²) in [7, 11) is 0. The summed E-state index contributed by atoms with van der Waals surface area (Å²) in [6.07, 6.45) is 0. The maximum atomic E-state index is 12.2. The van der Waals surface area contributed by atoms with E-state index in [0.29, 0.717) is 16.7 Å². The molecule has 4 heteroatoms. The molecular weight excluding hydrogens is 238 g/mol. The van der Waals surface area contributed by atoms with E-state index in [-0.39, 0.29) is 5.56 Å². The molecule has 0 aliphatic heterocycles. The van der Waals surface area contributed by atoms with Crippen molar-refractivity contribution in [2.75, 3.05) is 5.84 Å². The monoisotopic (exact) mass is 251 g/mol. The van der Waals surface area contributed by atoms with Crippen molar-refractivity contribution in [3.05, 3.63) is 64.4 Å². The molecule has 0 aliphatic carbocycles. The lowest BCUT2D eigenvalue weighted by Gasteiger charge is -2.10. The van der Waals surface area contributed by atoms with Crippen LogP contribution in [-0.4, -0.2) is 9.66 Å². The lowest BCUT2D eigenvalue weighted by molar-refractivity contribution is 0.925. The number of hydrogen-bond acceptors (Lipinski definition) is 3. The molecule has 0 unspecified atom stereocenters. The van der Waals surface area contributed by atoms with Crippen molar-refractivity contribution in [1.29, 1.82) is 0 Å². The van der Waals surface area contributed by atoms with Crippen LogP contribution in [0.4, 0.5) is 0 Å². The second kappa shape index (κ2) is 4.24. The van der Waals surface area contributed by atoms with Gasteiger partial charge in [0.1, 0.15) is 0 Å². The van der Waals surface area contributed by atoms with Crippen molar-refractivity contribution in [2.45, 2.75) is 6.92 Å². The Morgan fingerprint density at radius 2 is 1.74 bits per heavy atom. The average molecular weight is 251 g/mol. The fourth-order valence-electron chi connectivity index (χ4n) is 2.16. The van der Waals surface area contributed by atoms with Crippen molar-refractivity contribution < 1.29 is 0 Å². The molecule has 0 fully saturated rings. The molecular formula is C15H13N3O. The third kappa shape index (κ3) is 1.78. The third-order valence-electron chi connectivity index (χ3n) is 3.19. The number of nitrogens with zero attached hydrogens (tertiary/aromatic N) is 2. The van der Waals surface area contributed by atoms with Crippen molar-refractivity contribution in [3.63, 3.8) is 0 Å². The first-order chi connectivity index (χ1) is 9.18. The smallest absolute Gasteiger partial charge is 0.280 e. The van der Waals surface area contributed by atoms with Gasteiger partial charge in [-0.25, -0.2) is 9.66 Å². The Hall–Kier alpha value is -2.62. The summed E-state index contributed by atoms with van der Waals surface area (Å²) < 4.78 is 1.12. The number of aryl methyl sites for hydroxylation is 1. The van der Waals surface area contributed by atoms with Gasteiger partial charge in [0.05, 0.1) is 10.9 Å². The van der Waals surface area contributed by atoms with Crippen molar-refractivity contribution in [2.24, 2.45) is 0 Å². The molecule has 0 spiro atoms. The molecule has 94 valence electrons. The fourth-order valence-corrected chi connectivity index (χ4v) is 2.16. The molecule has 3 aromatic rings. The van der Waals surface area contributed by atoms with Crippen LogP contribution in [0.2, 0.25) is 0 Å². The van der Waals surface area contributed by atoms with Crippen LogP contribution in [0.3, 0.4) is 0 Å². The van der Waals surface area contributed by atoms with E-state index in [2.05, 4.69) is 4.98 Å². The van der Waals surface area contributed by atoms with E-state index < -0.39 is 0 Å². The Morgan fingerprint density at radius 3 is 2.53 bits per heavy atom. The molecule has 0 amide bonds. The van der Waals surface area contributed by atoms with Crippen LogP contribution in [0, 0.1) is 6.92 Å². The summed E-state index contributed by atoms with van der Waals surface area (Å²) in [5.41, 5.74) is 2.33. The summed E-state index contributed by atoms with van der Waals surface area (Å²) in [6.45, 7) is 1.97. The predicted molar refractivity (Wildman–Crippen MR) is 76.3 cm³/mol. The maximum absolute atomic E-state index is 12.2. The van der Waals surface area contributed by atoms with Gasteiger partial charge in [0, 0.05) is 5.56 Å². The lowest BCUT2D eigenvalue weighted by atomic mass is 10.1. The second-order valence-corrected chi connectivity index (χ2v) is 4.44. The van der Waals surface area contributed by atoms with Gasteiger partial charge in [-0.2, -0.15) is 0 Å². The summed E-state index contributed by atoms with van der Waals surface area (Å²) in [6, 6.07) is 14.9. The number of fused-ring (bicyclic) bond motifs is 1. The Morgan fingerprint density at radius 1 is 1.05 bits per heavy atom. The number of nitrogens with two attached hydrogens (primary N) is 1. The van der Waals surface area contributed by atoms with Crippen molar-refractivity contribution in [3.8, 4) is 11.4 Å². The van der Waals surface area contributed by atoms with E-state index in [1.54, 1.807) is 12.1 Å². The van der Waals surface area contributed by atoms with Crippen molar-refractivity contribution in [1.82, 2.24) is 9.66 Å². The normalized spacial score (nSPS) is 10.8. The molecule has 4 nitrogen and oxygen atoms in total. The number of rotatable bonds is 1. The maximum Gasteiger partial charge on any atom is 0.280 e. The van der Waals surface area contributed by atoms with Crippen LogP contribution in [0.25, 0.3) is 22.3 Å². The first-order valence-corrected chi connectivity index (χ1v) is 6.01. The van der Waals surface area contributed by atoms with Gasteiger partial charge in [-0.15, -0.1) is 0 Å². The van der Waals surface area contributed by atoms with Gasteiger partial charge in [0.15, 0.2) is 5.82 Å². The molecule has 19 heavy (non-hydrogen) atoms. The summed E-state index contributed by atoms with van der Waals surface area (Å²) in [5.74, 6) is 6.38. The molecule has 0 atom stereocenters. The highest BCUT2D eigenvalue weighted by atomic mass is 16.1. The molecule has 1 aromatic heterocycles. The van der Waals surface area contributed by atoms with Crippen LogP contribution in [0.5, 0.6) is 0 Å². The average Bonchev–Trinajstić information content (AvgIpc) is 2.44. The number of aromatic nitrogens is 2. The highest BCUT2D eigenvalue weighted by molar-refractivity contribution is 5.80. The highest BCUT2D eigenvalue weighted by Crippen LogP contribution is 2.20. The molecule has 1 heterocycles. The third-order valence-corrected chi connectivity index (χ3v) is 3.19. The highest BCUT2D eigenvalue weighted by Gasteiger charge is 2.11. The zero-order valence-corrected chi connectivity index (χ0v) is 10.5. The number of para-hydroxylation sites is 1. The minimum Gasteiger partial charge on any atom is -0.334 e. The molecule has 2 aromatic carbocycles. The largest absolute Gasteiger partial charge is 0.334 e. The number of benzene rings is 2. The van der Waals surface area contributed by atoms with Gasteiger partial charge in [0.25, 0.3) is 5.56 Å². The molecule has 3 rings (SSSR count). The Labute approximate surface area is 110 Å². The van der Waals surface area contributed by atoms with Crippen LogP contribution in [0.15, 0.2) is 53.3 Å². The standard InChI is InChI=1S/C15H13N3O/c1-10-6-2-3-7-11(10)14-17-13-9-5-4-8-12(13)15(19)18(14)16/h2-9H,16H2,1H3. The summed E-state index contributed by atoms with van der Waals surface area (Å²) >= 11 is 0. The van der Waals surface area contributed by atoms with E-state index in [4.69, 9.17) is 5.84 Å². The van der Waals surface area contributed by atoms with Gasteiger partial charge in [0.2, 0.25) is 0 Å². The molecule has 0 radical (unpaired) electrons. The molecule has 0 bridgehead atoms. The van der Waals surface area contributed by atoms with Crippen LogP contribution >= 0.6 is 0 Å². The minimum atomic E-state index is -0.233. The molecule has 2 N–H and O–H groups in total. The van der Waals surface area contributed by atoms with Gasteiger partial charge in [-0.05, 0) is 24.6 Å². The van der Waals surface area contributed by atoms with E-state index in [0.717, 1.165) is 15.8 Å². The lowest BCUT2D eigenvalue weighted by Crippen LogP contribution is -2.30. The Balaban J connectivity index is 2.40. The molecule has 0 saturated carbocycles. The summed E-state index contributed by atoms with van der Waals surface area (Å²) in [5, 5.41) is 0.530. The van der Waals surface area contributed by atoms with Crippen molar-refractivity contribution >= 4 is 10.9 Å². The zero-order valence-electron chi connectivity index (χ0n) is 10.5. The Bertz CT molecular complexity index is 821. The van der Waals surface area contributed by atoms with Crippen LogP contribution < -0.4 is 11.4 Å². The first kappa shape index (κ1) is 11.5. The van der Waals surface area contributed by atoms with E-state index >= 15 is 0 Å². The van der Waals surface area contributed by atoms with E-state index in [9.17, 15) is 4.79 Å². The number of hydrogen-bond donors (Lipinski definition) is 1. The number of nitrogen functional groups attached to an aromatic ring is 1. The fraction of sp³-hybridized carbons (Fsp3) is 0.0667. The van der Waals surface area contributed by atoms with E-state index in [1.807, 2.05) is 43.3 Å². The van der Waals surface area contributed by atoms with Gasteiger partial charge < -0.3 is 5.84 Å². The SMILES string of the molecule is Cc1ccccc1-c1nc2ccccc2c(=O)n1N. The predicted octanol–water partition coefficient (Wildman–Crippen LogP) is 2.09. The van der Waals surface area contributed by atoms with Crippen LogP contribution in [-0.2, 0) is 0 Å². The topological polar surface area (TPSA) is 60.9 Å². The van der Waals surface area contributed by atoms with E-state index in [1.165, 1.54) is 0 Å². The molecule has 0 saturated heterocycles. The quantitative estimate of drug-likeness (QED) is 0.674. The Kier molecular flexibility index (Phi) is 2.56. The van der Waals surface area contributed by atoms with Gasteiger partial charge >= 0.3 is 0 Å². The first-order valence-electron chi connectivity index (χ1n) is 6.01. The molecule has 0 aliphatic rings. The van der Waals surface area contributed by atoms with Crippen LogP contribution in [0.1, 0.15) is 5.56 Å².